The first kappa shape index (κ1) is 22.2. The molecule has 6 nitrogen and oxygen atoms in total. The van der Waals surface area contributed by atoms with Crippen molar-refractivity contribution in [3.63, 3.8) is 0 Å². The number of amides is 1. The number of carbonyl (C=O) groups excluding carboxylic acids is 1. The van der Waals surface area contributed by atoms with Gasteiger partial charge in [-0.1, -0.05) is 42.5 Å². The second-order valence-electron chi connectivity index (χ2n) is 7.48. The molecule has 0 bridgehead atoms. The summed E-state index contributed by atoms with van der Waals surface area (Å²) in [6.45, 7) is 1.81. The van der Waals surface area contributed by atoms with Gasteiger partial charge in [0.2, 0.25) is 0 Å². The van der Waals surface area contributed by atoms with E-state index in [9.17, 15) is 9.59 Å². The molecule has 4 aromatic rings. The first-order valence-electron chi connectivity index (χ1n) is 10.4. The molecule has 0 aliphatic heterocycles. The lowest BCUT2D eigenvalue weighted by Gasteiger charge is -2.09. The normalized spacial score (nSPS) is 10.6. The van der Waals surface area contributed by atoms with Crippen LogP contribution < -0.4 is 10.9 Å². The number of aromatic nitrogens is 2. The van der Waals surface area contributed by atoms with Gasteiger partial charge < -0.3 is 5.32 Å². The van der Waals surface area contributed by atoms with E-state index in [1.807, 2.05) is 61.5 Å². The third-order valence-electron chi connectivity index (χ3n) is 5.40. The minimum Gasteiger partial charge on any atom is -0.316 e. The maximum absolute atomic E-state index is 13.2. The number of nitrogens with one attached hydrogen (secondary N) is 1. The minimum atomic E-state index is -0.330. The number of nitriles is 1. The van der Waals surface area contributed by atoms with Gasteiger partial charge in [-0.05, 0) is 48.9 Å². The summed E-state index contributed by atoms with van der Waals surface area (Å²) in [5, 5.41) is 11.8. The zero-order valence-electron chi connectivity index (χ0n) is 18.3. The van der Waals surface area contributed by atoms with Gasteiger partial charge in [0.1, 0.15) is 5.69 Å². The van der Waals surface area contributed by atoms with E-state index in [0.29, 0.717) is 22.6 Å². The fraction of sp³-hybridized carbons (Fsp3) is 0.115. The zero-order chi connectivity index (χ0) is 23.4. The molecular weight excluding hydrogens is 432 g/mol. The van der Waals surface area contributed by atoms with Crippen molar-refractivity contribution in [1.29, 1.82) is 5.26 Å². The van der Waals surface area contributed by atoms with Gasteiger partial charge in [0, 0.05) is 17.7 Å². The van der Waals surface area contributed by atoms with Crippen LogP contribution in [-0.2, 0) is 12.8 Å². The first-order valence-corrected chi connectivity index (χ1v) is 11.3. The van der Waals surface area contributed by atoms with Gasteiger partial charge in [-0.25, -0.2) is 4.68 Å². The molecule has 0 radical (unpaired) electrons. The fourth-order valence-electron chi connectivity index (χ4n) is 3.51. The summed E-state index contributed by atoms with van der Waals surface area (Å²) in [4.78, 5) is 27.1. The summed E-state index contributed by atoms with van der Waals surface area (Å²) >= 11 is 1.53. The summed E-state index contributed by atoms with van der Waals surface area (Å²) < 4.78 is 3.27. The Kier molecular flexibility index (Phi) is 6.48. The molecule has 0 fully saturated rings. The van der Waals surface area contributed by atoms with Crippen molar-refractivity contribution in [2.24, 2.45) is 7.05 Å². The van der Waals surface area contributed by atoms with Crippen LogP contribution in [0.5, 0.6) is 0 Å². The quantitative estimate of drug-likeness (QED) is 0.420. The van der Waals surface area contributed by atoms with Crippen molar-refractivity contribution >= 4 is 23.4 Å². The van der Waals surface area contributed by atoms with E-state index in [1.54, 1.807) is 36.0 Å². The molecule has 0 saturated heterocycles. The van der Waals surface area contributed by atoms with Crippen LogP contribution in [0, 0.1) is 18.3 Å². The Hall–Kier alpha value is -4.02. The molecular formula is C26H22N4O2S. The molecule has 4 rings (SSSR count). The predicted molar refractivity (Wildman–Crippen MR) is 131 cm³/mol. The molecule has 7 heteroatoms. The average Bonchev–Trinajstić information content (AvgIpc) is 3.06. The van der Waals surface area contributed by atoms with Crippen molar-refractivity contribution in [3.05, 3.63) is 112 Å². The number of hydrogen-bond acceptors (Lipinski definition) is 4. The average molecular weight is 455 g/mol. The van der Waals surface area contributed by atoms with E-state index in [-0.39, 0.29) is 17.2 Å². The second-order valence-corrected chi connectivity index (χ2v) is 8.50. The monoisotopic (exact) mass is 454 g/mol. The maximum Gasteiger partial charge on any atom is 0.295 e. The summed E-state index contributed by atoms with van der Waals surface area (Å²) in [5.74, 6) is 0.324. The highest BCUT2D eigenvalue weighted by atomic mass is 32.2. The van der Waals surface area contributed by atoms with Crippen LogP contribution in [0.3, 0.4) is 0 Å². The molecule has 1 aromatic heterocycles. The van der Waals surface area contributed by atoms with E-state index in [2.05, 4.69) is 11.4 Å². The lowest BCUT2D eigenvalue weighted by molar-refractivity contribution is 0.102. The second kappa shape index (κ2) is 9.63. The Morgan fingerprint density at radius 3 is 2.36 bits per heavy atom. The van der Waals surface area contributed by atoms with Crippen LogP contribution in [0.15, 0.2) is 88.6 Å². The number of anilines is 1. The molecule has 0 unspecified atom stereocenters. The van der Waals surface area contributed by atoms with E-state index >= 15 is 0 Å². The van der Waals surface area contributed by atoms with Crippen molar-refractivity contribution in [3.8, 4) is 11.8 Å². The summed E-state index contributed by atoms with van der Waals surface area (Å²) in [7, 11) is 1.79. The van der Waals surface area contributed by atoms with E-state index in [0.717, 1.165) is 16.1 Å². The van der Waals surface area contributed by atoms with E-state index in [1.165, 1.54) is 16.4 Å². The minimum absolute atomic E-state index is 0.262. The van der Waals surface area contributed by atoms with Gasteiger partial charge >= 0.3 is 0 Å². The molecule has 1 amide bonds. The molecule has 0 aliphatic carbocycles. The Morgan fingerprint density at radius 2 is 1.67 bits per heavy atom. The SMILES string of the molecule is Cc1c(NC(=O)c2ccccc2SCc2ccc(C#N)cc2)c(=O)n(-c2ccccc2)n1C. The number of nitrogens with zero attached hydrogens (tertiary/aromatic N) is 3. The third kappa shape index (κ3) is 4.61. The highest BCUT2D eigenvalue weighted by Crippen LogP contribution is 2.27. The van der Waals surface area contributed by atoms with E-state index < -0.39 is 0 Å². The summed E-state index contributed by atoms with van der Waals surface area (Å²) in [5.41, 5.74) is 3.55. The number of carbonyl (C=O) groups is 1. The maximum atomic E-state index is 13.2. The predicted octanol–water partition coefficient (Wildman–Crippen LogP) is 4.90. The van der Waals surface area contributed by atoms with Crippen molar-refractivity contribution in [2.45, 2.75) is 17.6 Å². The molecule has 1 heterocycles. The Bertz CT molecular complexity index is 1400. The summed E-state index contributed by atoms with van der Waals surface area (Å²) in [6.07, 6.45) is 0. The lowest BCUT2D eigenvalue weighted by atomic mass is 10.2. The summed E-state index contributed by atoms with van der Waals surface area (Å²) in [6, 6.07) is 26.1. The molecule has 164 valence electrons. The molecule has 1 N–H and O–H groups in total. The van der Waals surface area contributed by atoms with Crippen LogP contribution in [0.1, 0.15) is 27.2 Å². The molecule has 0 saturated carbocycles. The smallest absolute Gasteiger partial charge is 0.295 e. The molecule has 3 aromatic carbocycles. The van der Waals surface area contributed by atoms with Gasteiger partial charge in [-0.15, -0.1) is 11.8 Å². The van der Waals surface area contributed by atoms with Crippen molar-refractivity contribution in [1.82, 2.24) is 9.36 Å². The number of benzene rings is 3. The van der Waals surface area contributed by atoms with E-state index in [4.69, 9.17) is 5.26 Å². The van der Waals surface area contributed by atoms with Crippen LogP contribution in [0.25, 0.3) is 5.69 Å². The van der Waals surface area contributed by atoms with Gasteiger partial charge in [0.15, 0.2) is 0 Å². The highest BCUT2D eigenvalue weighted by molar-refractivity contribution is 7.98. The number of para-hydroxylation sites is 1. The lowest BCUT2D eigenvalue weighted by Crippen LogP contribution is -2.23. The zero-order valence-corrected chi connectivity index (χ0v) is 19.1. The number of hydrogen-bond donors (Lipinski definition) is 1. The highest BCUT2D eigenvalue weighted by Gasteiger charge is 2.20. The van der Waals surface area contributed by atoms with Gasteiger partial charge in [-0.3, -0.25) is 14.3 Å². The van der Waals surface area contributed by atoms with Gasteiger partial charge in [0.25, 0.3) is 11.5 Å². The van der Waals surface area contributed by atoms with Crippen LogP contribution in [0.2, 0.25) is 0 Å². The molecule has 0 aliphatic rings. The van der Waals surface area contributed by atoms with Crippen LogP contribution in [-0.4, -0.2) is 15.3 Å². The Morgan fingerprint density at radius 1 is 1.00 bits per heavy atom. The number of thioether (sulfide) groups is 1. The van der Waals surface area contributed by atoms with Crippen molar-refractivity contribution in [2.75, 3.05) is 5.32 Å². The molecule has 33 heavy (non-hydrogen) atoms. The first-order chi connectivity index (χ1) is 16.0. The largest absolute Gasteiger partial charge is 0.316 e. The van der Waals surface area contributed by atoms with Gasteiger partial charge in [0.05, 0.1) is 28.6 Å². The standard InChI is InChI=1S/C26H22N4O2S/c1-18-24(26(32)30(29(18)2)21-8-4-3-5-9-21)28-25(31)22-10-6-7-11-23(22)33-17-20-14-12-19(16-27)13-15-20/h3-15H,17H2,1-2H3,(H,28,31). The fourth-order valence-corrected chi connectivity index (χ4v) is 4.52. The Balaban J connectivity index is 1.58. The van der Waals surface area contributed by atoms with Gasteiger partial charge in [-0.2, -0.15) is 5.26 Å². The topological polar surface area (TPSA) is 79.8 Å². The Labute approximate surface area is 196 Å². The molecule has 0 atom stereocenters. The van der Waals surface area contributed by atoms with Crippen LogP contribution in [0.4, 0.5) is 5.69 Å². The molecule has 0 spiro atoms. The van der Waals surface area contributed by atoms with Crippen LogP contribution >= 0.6 is 11.8 Å². The number of rotatable bonds is 6. The third-order valence-corrected chi connectivity index (χ3v) is 6.55. The van der Waals surface area contributed by atoms with Crippen molar-refractivity contribution < 1.29 is 4.79 Å².